The van der Waals surface area contributed by atoms with E-state index < -0.39 is 5.97 Å². The standard InChI is InChI=1S/C19H15BrO3/c1-2-13-16(11-7-9-12(20)10-8-11)14-5-3-4-6-15(14)18(21)17(13)19(22)23/h3-10,21H,2H2,1H3,(H,22,23). The van der Waals surface area contributed by atoms with E-state index in [0.29, 0.717) is 17.4 Å². The summed E-state index contributed by atoms with van der Waals surface area (Å²) in [4.78, 5) is 11.7. The minimum Gasteiger partial charge on any atom is -0.506 e. The van der Waals surface area contributed by atoms with Gasteiger partial charge in [0.05, 0.1) is 0 Å². The van der Waals surface area contributed by atoms with E-state index >= 15 is 0 Å². The minimum absolute atomic E-state index is 0.0101. The number of aromatic carboxylic acids is 1. The van der Waals surface area contributed by atoms with Gasteiger partial charge in [-0.25, -0.2) is 4.79 Å². The molecule has 0 atom stereocenters. The number of carbonyl (C=O) groups is 1. The van der Waals surface area contributed by atoms with Gasteiger partial charge in [0.15, 0.2) is 0 Å². The Kier molecular flexibility index (Phi) is 4.09. The monoisotopic (exact) mass is 370 g/mol. The molecule has 0 fully saturated rings. The Morgan fingerprint density at radius 3 is 2.22 bits per heavy atom. The quantitative estimate of drug-likeness (QED) is 0.662. The van der Waals surface area contributed by atoms with E-state index in [4.69, 9.17) is 0 Å². The van der Waals surface area contributed by atoms with Gasteiger partial charge in [-0.05, 0) is 40.6 Å². The summed E-state index contributed by atoms with van der Waals surface area (Å²) in [5, 5.41) is 21.5. The molecule has 0 aliphatic carbocycles. The lowest BCUT2D eigenvalue weighted by molar-refractivity contribution is 0.0693. The van der Waals surface area contributed by atoms with Crippen molar-refractivity contribution in [3.8, 4) is 16.9 Å². The van der Waals surface area contributed by atoms with Gasteiger partial charge in [-0.2, -0.15) is 0 Å². The van der Waals surface area contributed by atoms with Crippen LogP contribution in [0.1, 0.15) is 22.8 Å². The van der Waals surface area contributed by atoms with Crippen molar-refractivity contribution in [2.75, 3.05) is 0 Å². The van der Waals surface area contributed by atoms with Gasteiger partial charge in [0, 0.05) is 9.86 Å². The highest BCUT2D eigenvalue weighted by molar-refractivity contribution is 9.10. The summed E-state index contributed by atoms with van der Waals surface area (Å²) in [7, 11) is 0. The Morgan fingerprint density at radius 2 is 1.65 bits per heavy atom. The van der Waals surface area contributed by atoms with Crippen molar-refractivity contribution in [2.45, 2.75) is 13.3 Å². The smallest absolute Gasteiger partial charge is 0.339 e. The number of carboxylic acids is 1. The molecule has 3 rings (SSSR count). The maximum Gasteiger partial charge on any atom is 0.339 e. The van der Waals surface area contributed by atoms with Crippen molar-refractivity contribution in [1.29, 1.82) is 0 Å². The maximum atomic E-state index is 11.7. The summed E-state index contributed by atoms with van der Waals surface area (Å²) in [6.45, 7) is 1.90. The molecule has 0 aliphatic heterocycles. The van der Waals surface area contributed by atoms with Crippen LogP contribution in [0.25, 0.3) is 21.9 Å². The van der Waals surface area contributed by atoms with E-state index in [0.717, 1.165) is 21.0 Å². The van der Waals surface area contributed by atoms with Crippen molar-refractivity contribution in [3.63, 3.8) is 0 Å². The first-order valence-electron chi connectivity index (χ1n) is 7.30. The molecule has 116 valence electrons. The number of hydrogen-bond acceptors (Lipinski definition) is 2. The van der Waals surface area contributed by atoms with E-state index in [1.54, 1.807) is 12.1 Å². The first-order valence-corrected chi connectivity index (χ1v) is 8.09. The number of carboxylic acid groups (broad SMARTS) is 1. The van der Waals surface area contributed by atoms with Gasteiger partial charge in [0.2, 0.25) is 0 Å². The van der Waals surface area contributed by atoms with Crippen LogP contribution in [-0.2, 0) is 6.42 Å². The molecular formula is C19H15BrO3. The van der Waals surface area contributed by atoms with Crippen molar-refractivity contribution in [1.82, 2.24) is 0 Å². The zero-order valence-corrected chi connectivity index (χ0v) is 14.1. The van der Waals surface area contributed by atoms with Gasteiger partial charge < -0.3 is 10.2 Å². The first-order chi connectivity index (χ1) is 11.0. The van der Waals surface area contributed by atoms with E-state index in [1.807, 2.05) is 43.3 Å². The van der Waals surface area contributed by atoms with E-state index in [9.17, 15) is 15.0 Å². The van der Waals surface area contributed by atoms with Gasteiger partial charge in [-0.15, -0.1) is 0 Å². The topological polar surface area (TPSA) is 57.5 Å². The molecule has 0 amide bonds. The molecule has 3 aromatic rings. The van der Waals surface area contributed by atoms with Crippen molar-refractivity contribution >= 4 is 32.7 Å². The highest BCUT2D eigenvalue weighted by Gasteiger charge is 2.23. The fourth-order valence-corrected chi connectivity index (χ4v) is 3.27. The average molecular weight is 371 g/mol. The Balaban J connectivity index is 2.50. The second-order valence-corrected chi connectivity index (χ2v) is 6.20. The van der Waals surface area contributed by atoms with Crippen molar-refractivity contribution < 1.29 is 15.0 Å². The van der Waals surface area contributed by atoms with Gasteiger partial charge in [-0.1, -0.05) is 59.3 Å². The van der Waals surface area contributed by atoms with Crippen LogP contribution < -0.4 is 0 Å². The molecular weight excluding hydrogens is 356 g/mol. The zero-order chi connectivity index (χ0) is 16.6. The predicted molar refractivity (Wildman–Crippen MR) is 95.1 cm³/mol. The summed E-state index contributed by atoms with van der Waals surface area (Å²) in [6.07, 6.45) is 0.519. The third kappa shape index (κ3) is 2.59. The SMILES string of the molecule is CCc1c(C(=O)O)c(O)c2ccccc2c1-c1ccc(Br)cc1. The van der Waals surface area contributed by atoms with Crippen molar-refractivity contribution in [3.05, 3.63) is 64.1 Å². The molecule has 3 nitrogen and oxygen atoms in total. The van der Waals surface area contributed by atoms with Crippen LogP contribution in [0.4, 0.5) is 0 Å². The number of aromatic hydroxyl groups is 1. The summed E-state index contributed by atoms with van der Waals surface area (Å²) in [5.41, 5.74) is 2.44. The van der Waals surface area contributed by atoms with Gasteiger partial charge >= 0.3 is 5.97 Å². The van der Waals surface area contributed by atoms with E-state index in [-0.39, 0.29) is 11.3 Å². The first kappa shape index (κ1) is 15.6. The molecule has 0 aromatic heterocycles. The van der Waals surface area contributed by atoms with Crippen LogP contribution in [0.15, 0.2) is 53.0 Å². The molecule has 0 bridgehead atoms. The van der Waals surface area contributed by atoms with E-state index in [2.05, 4.69) is 15.9 Å². The second-order valence-electron chi connectivity index (χ2n) is 5.29. The summed E-state index contributed by atoms with van der Waals surface area (Å²) < 4.78 is 0.959. The molecule has 0 heterocycles. The molecule has 23 heavy (non-hydrogen) atoms. The van der Waals surface area contributed by atoms with Gasteiger partial charge in [-0.3, -0.25) is 0 Å². The molecule has 0 saturated carbocycles. The average Bonchev–Trinajstić information content (AvgIpc) is 2.55. The van der Waals surface area contributed by atoms with E-state index in [1.165, 1.54) is 0 Å². The van der Waals surface area contributed by atoms with Crippen LogP contribution in [-0.4, -0.2) is 16.2 Å². The lowest BCUT2D eigenvalue weighted by Gasteiger charge is -2.17. The second kappa shape index (κ2) is 6.05. The highest BCUT2D eigenvalue weighted by Crippen LogP contribution is 2.41. The molecule has 0 radical (unpaired) electrons. The molecule has 4 heteroatoms. The maximum absolute atomic E-state index is 11.7. The molecule has 0 unspecified atom stereocenters. The fraction of sp³-hybridized carbons (Fsp3) is 0.105. The lowest BCUT2D eigenvalue weighted by atomic mass is 9.87. The Hall–Kier alpha value is -2.33. The van der Waals surface area contributed by atoms with Crippen LogP contribution >= 0.6 is 15.9 Å². The fourth-order valence-electron chi connectivity index (χ4n) is 3.00. The molecule has 0 spiro atoms. The van der Waals surface area contributed by atoms with Crippen molar-refractivity contribution in [2.24, 2.45) is 0 Å². The lowest BCUT2D eigenvalue weighted by Crippen LogP contribution is -2.05. The third-order valence-electron chi connectivity index (χ3n) is 3.99. The summed E-state index contributed by atoms with van der Waals surface area (Å²) in [6, 6.07) is 15.1. The molecule has 0 aliphatic rings. The normalized spacial score (nSPS) is 10.9. The third-order valence-corrected chi connectivity index (χ3v) is 4.52. The molecule has 2 N–H and O–H groups in total. The highest BCUT2D eigenvalue weighted by atomic mass is 79.9. The Morgan fingerprint density at radius 1 is 1.04 bits per heavy atom. The number of phenols is 1. The van der Waals surface area contributed by atoms with Crippen LogP contribution in [0, 0.1) is 0 Å². The minimum atomic E-state index is -1.11. The summed E-state index contributed by atoms with van der Waals surface area (Å²) >= 11 is 3.42. The van der Waals surface area contributed by atoms with Crippen LogP contribution in [0.3, 0.4) is 0 Å². The largest absolute Gasteiger partial charge is 0.506 e. The van der Waals surface area contributed by atoms with Crippen LogP contribution in [0.2, 0.25) is 0 Å². The van der Waals surface area contributed by atoms with Gasteiger partial charge in [0.1, 0.15) is 11.3 Å². The van der Waals surface area contributed by atoms with Crippen LogP contribution in [0.5, 0.6) is 5.75 Å². The number of halogens is 1. The Bertz CT molecular complexity index is 899. The zero-order valence-electron chi connectivity index (χ0n) is 12.5. The number of hydrogen-bond donors (Lipinski definition) is 2. The number of rotatable bonds is 3. The Labute approximate surface area is 142 Å². The molecule has 0 saturated heterocycles. The molecule has 3 aromatic carbocycles. The predicted octanol–water partition coefficient (Wildman–Crippen LogP) is 5.24. The number of benzene rings is 3. The van der Waals surface area contributed by atoms with Gasteiger partial charge in [0.25, 0.3) is 0 Å². The number of fused-ring (bicyclic) bond motifs is 1. The summed E-state index contributed by atoms with van der Waals surface area (Å²) in [5.74, 6) is -1.27.